The van der Waals surface area contributed by atoms with Crippen molar-refractivity contribution >= 4 is 51.5 Å². The minimum atomic E-state index is -0.738. The molecule has 0 saturated heterocycles. The molecule has 0 saturated carbocycles. The minimum Gasteiger partial charge on any atom is -0.478 e. The van der Waals surface area contributed by atoms with Crippen LogP contribution in [0.25, 0.3) is 16.5 Å². The van der Waals surface area contributed by atoms with Gasteiger partial charge < -0.3 is 25.5 Å². The van der Waals surface area contributed by atoms with Gasteiger partial charge in [0, 0.05) is 35.4 Å². The summed E-state index contributed by atoms with van der Waals surface area (Å²) in [5, 5.41) is 0.848. The van der Waals surface area contributed by atoms with Gasteiger partial charge in [0.2, 0.25) is 11.7 Å². The number of hydrogen-bond donors (Lipinski definition) is 2. The average molecular weight is 569 g/mol. The first-order valence-corrected chi connectivity index (χ1v) is 13.2. The van der Waals surface area contributed by atoms with Crippen molar-refractivity contribution in [2.45, 2.75) is 31.9 Å². The van der Waals surface area contributed by atoms with Gasteiger partial charge >= 0.3 is 0 Å². The molecule has 0 radical (unpaired) electrons. The van der Waals surface area contributed by atoms with Crippen LogP contribution in [-0.4, -0.2) is 34.9 Å². The van der Waals surface area contributed by atoms with E-state index in [1.165, 1.54) is 12.1 Å². The van der Waals surface area contributed by atoms with Crippen molar-refractivity contribution in [2.24, 2.45) is 5.73 Å². The maximum absolute atomic E-state index is 14.1. The van der Waals surface area contributed by atoms with Gasteiger partial charge in [0.05, 0.1) is 22.7 Å². The van der Waals surface area contributed by atoms with E-state index in [4.69, 9.17) is 43.8 Å². The van der Waals surface area contributed by atoms with E-state index in [2.05, 4.69) is 4.98 Å². The molecule has 1 amide bonds. The second-order valence-electron chi connectivity index (χ2n) is 9.44. The maximum atomic E-state index is 14.1. The van der Waals surface area contributed by atoms with Crippen molar-refractivity contribution in [1.29, 1.82) is 0 Å². The van der Waals surface area contributed by atoms with Crippen LogP contribution in [0, 0.1) is 5.82 Å². The summed E-state index contributed by atoms with van der Waals surface area (Å²) in [7, 11) is 0. The first-order valence-electron chi connectivity index (χ1n) is 12.5. The zero-order valence-electron chi connectivity index (χ0n) is 21.2. The molecule has 7 nitrogen and oxygen atoms in total. The highest BCUT2D eigenvalue weighted by molar-refractivity contribution is 6.36. The van der Waals surface area contributed by atoms with E-state index in [9.17, 15) is 9.18 Å². The molecule has 0 fully saturated rings. The highest BCUT2D eigenvalue weighted by Crippen LogP contribution is 2.41. The molecule has 202 valence electrons. The predicted octanol–water partition coefficient (Wildman–Crippen LogP) is 6.18. The molecule has 0 bridgehead atoms. The van der Waals surface area contributed by atoms with E-state index in [1.54, 1.807) is 24.3 Å². The van der Waals surface area contributed by atoms with Crippen LogP contribution >= 0.6 is 23.2 Å². The van der Waals surface area contributed by atoms with Gasteiger partial charge in [-0.05, 0) is 43.0 Å². The lowest BCUT2D eigenvalue weighted by molar-refractivity contribution is -0.132. The van der Waals surface area contributed by atoms with Crippen LogP contribution < -0.4 is 16.2 Å². The zero-order valence-corrected chi connectivity index (χ0v) is 22.7. The van der Waals surface area contributed by atoms with Gasteiger partial charge in [-0.25, -0.2) is 9.37 Å². The van der Waals surface area contributed by atoms with Crippen molar-refractivity contribution in [2.75, 3.05) is 18.8 Å². The summed E-state index contributed by atoms with van der Waals surface area (Å²) in [6, 6.07) is 11.7. The molecular formula is C29H27Cl2FN4O3. The molecule has 1 aliphatic rings. The number of nitrogen functional groups attached to an aromatic ring is 1. The molecule has 4 N–H and O–H groups in total. The Kier molecular flexibility index (Phi) is 7.79. The highest BCUT2D eigenvalue weighted by Gasteiger charge is 2.26. The Hall–Kier alpha value is -3.59. The minimum absolute atomic E-state index is 0.0833. The van der Waals surface area contributed by atoms with Crippen molar-refractivity contribution < 1.29 is 18.3 Å². The molecule has 0 unspecified atom stereocenters. The molecule has 10 heteroatoms. The third-order valence-corrected chi connectivity index (χ3v) is 7.58. The van der Waals surface area contributed by atoms with Crippen LogP contribution in [0.4, 0.5) is 10.2 Å². The van der Waals surface area contributed by atoms with Crippen molar-refractivity contribution in [1.82, 2.24) is 9.88 Å². The number of rotatable bonds is 7. The van der Waals surface area contributed by atoms with E-state index < -0.39 is 18.0 Å². The van der Waals surface area contributed by atoms with E-state index in [-0.39, 0.29) is 27.5 Å². The lowest BCUT2D eigenvalue weighted by Crippen LogP contribution is -2.46. The van der Waals surface area contributed by atoms with Crippen molar-refractivity contribution in [3.63, 3.8) is 0 Å². The van der Waals surface area contributed by atoms with Crippen molar-refractivity contribution in [3.8, 4) is 5.75 Å². The smallest absolute Gasteiger partial charge is 0.240 e. The number of ether oxygens (including phenoxy) is 1. The fourth-order valence-corrected chi connectivity index (χ4v) is 5.48. The highest BCUT2D eigenvalue weighted by atomic mass is 35.5. The van der Waals surface area contributed by atoms with Gasteiger partial charge in [-0.3, -0.25) is 4.79 Å². The number of carbonyl (C=O) groups excluding carboxylic acids is 1. The second kappa shape index (κ2) is 11.3. The summed E-state index contributed by atoms with van der Waals surface area (Å²) in [4.78, 5) is 19.0. The standard InChI is InChI=1S/C29H27Cl2FN4O3/c1-16(24-21(30)7-8-22(32)25(24)31)39-27-26-19(14-35-28(27)34)20(15-38-26)18-9-11-36(12-10-18)29(37)23(33)13-17-5-3-2-4-6-17/h2-9,14-16,23H,10-13,33H2,1H3,(H2,34,35)/t16-,23+/m1/s1. The van der Waals surface area contributed by atoms with Crippen LogP contribution in [0.5, 0.6) is 5.75 Å². The first kappa shape index (κ1) is 27.0. The summed E-state index contributed by atoms with van der Waals surface area (Å²) in [5.41, 5.74) is 15.9. The lowest BCUT2D eigenvalue weighted by Gasteiger charge is -2.28. The summed E-state index contributed by atoms with van der Waals surface area (Å²) in [5.74, 6) is -0.364. The maximum Gasteiger partial charge on any atom is 0.240 e. The number of nitrogens with zero attached hydrogens (tertiary/aromatic N) is 2. The van der Waals surface area contributed by atoms with Gasteiger partial charge in [0.25, 0.3) is 0 Å². The number of carbonyl (C=O) groups is 1. The molecule has 2 atom stereocenters. The van der Waals surface area contributed by atoms with Gasteiger partial charge in [-0.1, -0.05) is 59.6 Å². The van der Waals surface area contributed by atoms with Crippen molar-refractivity contribution in [3.05, 3.63) is 93.6 Å². The van der Waals surface area contributed by atoms with Crippen LogP contribution in [0.1, 0.15) is 36.1 Å². The third-order valence-electron chi connectivity index (χ3n) is 6.86. The Morgan fingerprint density at radius 3 is 2.72 bits per heavy atom. The number of anilines is 1. The Morgan fingerprint density at radius 2 is 2.00 bits per heavy atom. The number of furan rings is 1. The molecule has 5 rings (SSSR count). The van der Waals surface area contributed by atoms with Gasteiger partial charge in [-0.15, -0.1) is 0 Å². The SMILES string of the molecule is C[C@@H](Oc1c(N)ncc2c(C3=CCN(C(=O)[C@@H](N)Cc4ccccc4)CC3)coc12)c1c(Cl)ccc(F)c1Cl. The summed E-state index contributed by atoms with van der Waals surface area (Å²) in [6.45, 7) is 2.65. The van der Waals surface area contributed by atoms with E-state index in [0.29, 0.717) is 42.5 Å². The third kappa shape index (κ3) is 5.45. The Balaban J connectivity index is 1.35. The largest absolute Gasteiger partial charge is 0.478 e. The molecule has 4 aromatic rings. The van der Waals surface area contributed by atoms with Crippen LogP contribution in [-0.2, 0) is 11.2 Å². The molecule has 0 aliphatic carbocycles. The molecule has 2 aromatic heterocycles. The first-order chi connectivity index (χ1) is 18.7. The number of halogens is 3. The lowest BCUT2D eigenvalue weighted by atomic mass is 9.98. The summed E-state index contributed by atoms with van der Waals surface area (Å²) < 4.78 is 26.1. The van der Waals surface area contributed by atoms with Crippen LogP contribution in [0.3, 0.4) is 0 Å². The fourth-order valence-electron chi connectivity index (χ4n) is 4.80. The number of fused-ring (bicyclic) bond motifs is 1. The number of pyridine rings is 1. The number of hydrogen-bond acceptors (Lipinski definition) is 6. The average Bonchev–Trinajstić information content (AvgIpc) is 3.37. The molecule has 39 heavy (non-hydrogen) atoms. The zero-order chi connectivity index (χ0) is 27.7. The fraction of sp³-hybridized carbons (Fsp3) is 0.241. The quantitative estimate of drug-likeness (QED) is 0.258. The monoisotopic (exact) mass is 568 g/mol. The van der Waals surface area contributed by atoms with E-state index in [0.717, 1.165) is 16.7 Å². The Bertz CT molecular complexity index is 1560. The van der Waals surface area contributed by atoms with Gasteiger partial charge in [-0.2, -0.15) is 0 Å². The Morgan fingerprint density at radius 1 is 1.23 bits per heavy atom. The summed E-state index contributed by atoms with van der Waals surface area (Å²) >= 11 is 12.4. The molecular weight excluding hydrogens is 542 g/mol. The van der Waals surface area contributed by atoms with E-state index in [1.807, 2.05) is 36.4 Å². The number of aromatic nitrogens is 1. The predicted molar refractivity (Wildman–Crippen MR) is 151 cm³/mol. The number of benzene rings is 2. The van der Waals surface area contributed by atoms with Gasteiger partial charge in [0.1, 0.15) is 11.9 Å². The summed E-state index contributed by atoms with van der Waals surface area (Å²) in [6.07, 6.45) is 5.60. The molecule has 3 heterocycles. The van der Waals surface area contributed by atoms with Crippen LogP contribution in [0.15, 0.2) is 65.4 Å². The molecule has 2 aromatic carbocycles. The topological polar surface area (TPSA) is 108 Å². The molecule has 0 spiro atoms. The number of nitrogens with two attached hydrogens (primary N) is 2. The Labute approximate surface area is 235 Å². The second-order valence-corrected chi connectivity index (χ2v) is 10.2. The van der Waals surface area contributed by atoms with Crippen LogP contribution in [0.2, 0.25) is 10.0 Å². The van der Waals surface area contributed by atoms with Gasteiger partial charge in [0.15, 0.2) is 11.4 Å². The molecule has 1 aliphatic heterocycles. The van der Waals surface area contributed by atoms with E-state index >= 15 is 0 Å². The number of amides is 1. The normalized spacial score (nSPS) is 15.2.